The van der Waals surface area contributed by atoms with Crippen LogP contribution in [-0.2, 0) is 4.79 Å². The molecule has 1 saturated heterocycles. The van der Waals surface area contributed by atoms with Crippen LogP contribution in [0.3, 0.4) is 0 Å². The molecule has 1 N–H and O–H groups in total. The van der Waals surface area contributed by atoms with Crippen LogP contribution in [0, 0.1) is 23.7 Å². The Morgan fingerprint density at radius 3 is 2.92 bits per heavy atom. The number of nitrogens with one attached hydrogen (secondary N) is 1. The van der Waals surface area contributed by atoms with Crippen molar-refractivity contribution in [1.29, 1.82) is 0 Å². The highest BCUT2D eigenvalue weighted by Gasteiger charge is 2.53. The van der Waals surface area contributed by atoms with Crippen LogP contribution in [0.2, 0.25) is 0 Å². The van der Waals surface area contributed by atoms with Crippen LogP contribution in [0.4, 0.5) is 0 Å². The minimum atomic E-state index is 0.199. The predicted molar refractivity (Wildman–Crippen MR) is 45.7 cm³/mol. The van der Waals surface area contributed by atoms with E-state index in [4.69, 9.17) is 0 Å². The van der Waals surface area contributed by atoms with Gasteiger partial charge in [-0.1, -0.05) is 0 Å². The maximum absolute atomic E-state index is 10.8. The maximum atomic E-state index is 10.8. The molecular weight excluding hydrogens is 150 g/mol. The molecule has 2 bridgehead atoms. The summed E-state index contributed by atoms with van der Waals surface area (Å²) >= 11 is 0. The fourth-order valence-electron chi connectivity index (χ4n) is 3.86. The summed E-state index contributed by atoms with van der Waals surface area (Å²) in [7, 11) is 0. The van der Waals surface area contributed by atoms with Crippen molar-refractivity contribution >= 4 is 6.29 Å². The van der Waals surface area contributed by atoms with Crippen LogP contribution >= 0.6 is 0 Å². The number of aldehydes is 1. The molecule has 66 valence electrons. The summed E-state index contributed by atoms with van der Waals surface area (Å²) in [5.41, 5.74) is 0. The highest BCUT2D eigenvalue weighted by atomic mass is 16.1. The molecule has 0 aromatic carbocycles. The lowest BCUT2D eigenvalue weighted by Gasteiger charge is -2.25. The average molecular weight is 165 g/mol. The zero-order chi connectivity index (χ0) is 8.13. The van der Waals surface area contributed by atoms with E-state index in [2.05, 4.69) is 5.32 Å². The molecule has 3 fully saturated rings. The van der Waals surface area contributed by atoms with Crippen molar-refractivity contribution in [1.82, 2.24) is 5.32 Å². The van der Waals surface area contributed by atoms with Crippen LogP contribution in [0.15, 0.2) is 0 Å². The van der Waals surface area contributed by atoms with Gasteiger partial charge >= 0.3 is 0 Å². The molecule has 0 spiro atoms. The topological polar surface area (TPSA) is 29.1 Å². The van der Waals surface area contributed by atoms with Gasteiger partial charge in [0.2, 0.25) is 0 Å². The SMILES string of the molecule is O=C[C@H]1NC[C@@H]2C3CCC(C3)[C@@H]21. The molecule has 2 nitrogen and oxygen atoms in total. The van der Waals surface area contributed by atoms with E-state index in [1.165, 1.54) is 19.3 Å². The van der Waals surface area contributed by atoms with Gasteiger partial charge in [0.1, 0.15) is 6.29 Å². The molecule has 5 atom stereocenters. The van der Waals surface area contributed by atoms with Gasteiger partial charge in [0.25, 0.3) is 0 Å². The summed E-state index contributed by atoms with van der Waals surface area (Å²) in [4.78, 5) is 10.8. The van der Waals surface area contributed by atoms with Crippen molar-refractivity contribution in [3.05, 3.63) is 0 Å². The van der Waals surface area contributed by atoms with Gasteiger partial charge in [-0.15, -0.1) is 0 Å². The number of rotatable bonds is 1. The minimum absolute atomic E-state index is 0.199. The molecular formula is C10H15NO. The Morgan fingerprint density at radius 1 is 1.25 bits per heavy atom. The molecule has 2 aliphatic carbocycles. The highest BCUT2D eigenvalue weighted by Crippen LogP contribution is 2.54. The van der Waals surface area contributed by atoms with Crippen LogP contribution < -0.4 is 5.32 Å². The molecule has 0 aromatic heterocycles. The van der Waals surface area contributed by atoms with E-state index in [0.29, 0.717) is 5.92 Å². The molecule has 1 heterocycles. The van der Waals surface area contributed by atoms with E-state index in [1.54, 1.807) is 0 Å². The lowest BCUT2D eigenvalue weighted by molar-refractivity contribution is -0.110. The Kier molecular flexibility index (Phi) is 1.37. The predicted octanol–water partition coefficient (Wildman–Crippen LogP) is 0.819. The Labute approximate surface area is 72.7 Å². The highest BCUT2D eigenvalue weighted by molar-refractivity contribution is 5.59. The first-order valence-electron chi connectivity index (χ1n) is 5.09. The Balaban J connectivity index is 1.89. The first-order valence-corrected chi connectivity index (χ1v) is 5.09. The van der Waals surface area contributed by atoms with Gasteiger partial charge < -0.3 is 10.1 Å². The fourth-order valence-corrected chi connectivity index (χ4v) is 3.86. The van der Waals surface area contributed by atoms with E-state index in [9.17, 15) is 4.79 Å². The van der Waals surface area contributed by atoms with Gasteiger partial charge in [-0.25, -0.2) is 0 Å². The Hall–Kier alpha value is -0.370. The second-order valence-corrected chi connectivity index (χ2v) is 4.64. The van der Waals surface area contributed by atoms with Crippen molar-refractivity contribution < 1.29 is 4.79 Å². The van der Waals surface area contributed by atoms with Gasteiger partial charge in [-0.05, 0) is 49.5 Å². The fraction of sp³-hybridized carbons (Fsp3) is 0.900. The van der Waals surface area contributed by atoms with Crippen LogP contribution in [0.25, 0.3) is 0 Å². The van der Waals surface area contributed by atoms with E-state index in [1.807, 2.05) is 0 Å². The van der Waals surface area contributed by atoms with Crippen molar-refractivity contribution in [2.75, 3.05) is 6.54 Å². The first-order chi connectivity index (χ1) is 5.90. The van der Waals surface area contributed by atoms with Gasteiger partial charge in [0, 0.05) is 0 Å². The van der Waals surface area contributed by atoms with Gasteiger partial charge in [-0.3, -0.25) is 0 Å². The van der Waals surface area contributed by atoms with E-state index < -0.39 is 0 Å². The van der Waals surface area contributed by atoms with E-state index in [-0.39, 0.29) is 6.04 Å². The molecule has 0 aromatic rings. The molecule has 3 aliphatic rings. The summed E-state index contributed by atoms with van der Waals surface area (Å²) in [6.07, 6.45) is 5.36. The van der Waals surface area contributed by atoms with Crippen LogP contribution in [-0.4, -0.2) is 18.9 Å². The van der Waals surface area contributed by atoms with Gasteiger partial charge in [-0.2, -0.15) is 0 Å². The summed E-state index contributed by atoms with van der Waals surface area (Å²) in [6.45, 7) is 1.11. The van der Waals surface area contributed by atoms with Crippen LogP contribution in [0.5, 0.6) is 0 Å². The summed E-state index contributed by atoms with van der Waals surface area (Å²) in [6, 6.07) is 0.199. The molecule has 0 radical (unpaired) electrons. The number of hydrogen-bond acceptors (Lipinski definition) is 2. The van der Waals surface area contributed by atoms with Gasteiger partial charge in [0.15, 0.2) is 0 Å². The Bertz CT molecular complexity index is 216. The standard InChI is InChI=1S/C10H15NO/c12-5-9-10-7-2-1-6(3-7)8(10)4-11-9/h5-11H,1-4H2/t6?,7?,8-,9-,10+/m1/s1. The molecule has 2 heteroatoms. The molecule has 2 saturated carbocycles. The summed E-state index contributed by atoms with van der Waals surface area (Å²) in [5.74, 6) is 3.39. The van der Waals surface area contributed by atoms with E-state index >= 15 is 0 Å². The Morgan fingerprint density at radius 2 is 2.08 bits per heavy atom. The first kappa shape index (κ1) is 7.07. The van der Waals surface area contributed by atoms with Crippen LogP contribution in [0.1, 0.15) is 19.3 Å². The van der Waals surface area contributed by atoms with Crippen molar-refractivity contribution in [2.45, 2.75) is 25.3 Å². The molecule has 2 unspecified atom stereocenters. The zero-order valence-electron chi connectivity index (χ0n) is 7.20. The summed E-state index contributed by atoms with van der Waals surface area (Å²) in [5, 5.41) is 3.34. The zero-order valence-corrected chi connectivity index (χ0v) is 7.20. The maximum Gasteiger partial charge on any atom is 0.137 e. The average Bonchev–Trinajstić information content (AvgIpc) is 2.76. The third kappa shape index (κ3) is 0.717. The quantitative estimate of drug-likeness (QED) is 0.583. The lowest BCUT2D eigenvalue weighted by Crippen LogP contribution is -2.31. The molecule has 1 aliphatic heterocycles. The van der Waals surface area contributed by atoms with Crippen molar-refractivity contribution in [3.8, 4) is 0 Å². The van der Waals surface area contributed by atoms with Crippen molar-refractivity contribution in [2.24, 2.45) is 23.7 Å². The smallest absolute Gasteiger partial charge is 0.137 e. The molecule has 12 heavy (non-hydrogen) atoms. The number of carbonyl (C=O) groups is 1. The monoisotopic (exact) mass is 165 g/mol. The normalized spacial score (nSPS) is 55.8. The number of carbonyl (C=O) groups excluding carboxylic acids is 1. The second-order valence-electron chi connectivity index (χ2n) is 4.64. The third-order valence-corrected chi connectivity index (χ3v) is 4.31. The molecule has 0 amide bonds. The van der Waals surface area contributed by atoms with E-state index in [0.717, 1.165) is 30.6 Å². The number of fused-ring (bicyclic) bond motifs is 5. The molecule has 3 rings (SSSR count). The van der Waals surface area contributed by atoms with Crippen molar-refractivity contribution in [3.63, 3.8) is 0 Å². The minimum Gasteiger partial charge on any atom is -0.307 e. The lowest BCUT2D eigenvalue weighted by atomic mass is 9.79. The largest absolute Gasteiger partial charge is 0.307 e. The van der Waals surface area contributed by atoms with Gasteiger partial charge in [0.05, 0.1) is 6.04 Å². The third-order valence-electron chi connectivity index (χ3n) is 4.31. The summed E-state index contributed by atoms with van der Waals surface area (Å²) < 4.78 is 0. The number of hydrogen-bond donors (Lipinski definition) is 1. The second kappa shape index (κ2) is 2.32.